The summed E-state index contributed by atoms with van der Waals surface area (Å²) >= 11 is 0. The Morgan fingerprint density at radius 2 is 1.94 bits per heavy atom. The summed E-state index contributed by atoms with van der Waals surface area (Å²) in [5.41, 5.74) is 2.79. The fourth-order valence-corrected chi connectivity index (χ4v) is 7.21. The molecule has 0 aliphatic heterocycles. The van der Waals surface area contributed by atoms with Crippen LogP contribution in [0, 0.1) is 23.2 Å². The summed E-state index contributed by atoms with van der Waals surface area (Å²) in [5, 5.41) is 40.4. The lowest BCUT2D eigenvalue weighted by Gasteiger charge is -2.44. The van der Waals surface area contributed by atoms with E-state index >= 15 is 0 Å². The van der Waals surface area contributed by atoms with Crippen LogP contribution in [0.4, 0.5) is 0 Å². The van der Waals surface area contributed by atoms with Crippen molar-refractivity contribution in [2.24, 2.45) is 23.2 Å². The van der Waals surface area contributed by atoms with Crippen molar-refractivity contribution in [2.45, 2.75) is 116 Å². The summed E-state index contributed by atoms with van der Waals surface area (Å²) in [5.74, 6) is 1.98. The Bertz CT molecular complexity index is 778. The van der Waals surface area contributed by atoms with E-state index in [1.807, 2.05) is 13.8 Å². The van der Waals surface area contributed by atoms with Gasteiger partial charge in [-0.3, -0.25) is 0 Å². The number of hydrogen-bond acceptors (Lipinski definition) is 5. The Labute approximate surface area is 213 Å². The second-order valence-electron chi connectivity index (χ2n) is 12.4. The largest absolute Gasteiger partial charge is 0.396 e. The van der Waals surface area contributed by atoms with Gasteiger partial charge in [0.15, 0.2) is 0 Å². The molecule has 200 valence electrons. The summed E-state index contributed by atoms with van der Waals surface area (Å²) in [6.45, 7) is 13.2. The molecule has 3 rings (SSSR count). The molecular formula is C30H50O5. The molecule has 0 unspecified atom stereocenters. The lowest BCUT2D eigenvalue weighted by Crippen LogP contribution is -2.45. The lowest BCUT2D eigenvalue weighted by atomic mass is 9.60. The lowest BCUT2D eigenvalue weighted by molar-refractivity contribution is -0.0968. The molecule has 35 heavy (non-hydrogen) atoms. The van der Waals surface area contributed by atoms with Crippen LogP contribution in [0.2, 0.25) is 0 Å². The molecule has 3 aliphatic carbocycles. The highest BCUT2D eigenvalue weighted by atomic mass is 16.5. The van der Waals surface area contributed by atoms with Gasteiger partial charge in [-0.25, -0.2) is 0 Å². The van der Waals surface area contributed by atoms with Crippen molar-refractivity contribution in [3.63, 3.8) is 0 Å². The maximum atomic E-state index is 10.7. The third-order valence-electron chi connectivity index (χ3n) is 9.17. The molecule has 0 aromatic heterocycles. The molecule has 0 aromatic carbocycles. The first-order valence-electron chi connectivity index (χ1n) is 13.9. The molecule has 0 bridgehead atoms. The zero-order valence-corrected chi connectivity index (χ0v) is 22.5. The Balaban J connectivity index is 1.67. The molecule has 3 aliphatic rings. The smallest absolute Gasteiger partial charge is 0.114 e. The van der Waals surface area contributed by atoms with Gasteiger partial charge >= 0.3 is 0 Å². The third-order valence-corrected chi connectivity index (χ3v) is 9.17. The summed E-state index contributed by atoms with van der Waals surface area (Å²) in [6, 6.07) is 0. The minimum atomic E-state index is -0.931. The SMILES string of the molecule is C=C1/C(=C\C=C2/CCC[C@]3(C)[C@@H]([C@H](C)CCCC(C)(C)O)CC[C@@H]23)C[C@H](O)[C@@H](OCCCO)[C@H]1O. The predicted molar refractivity (Wildman–Crippen MR) is 141 cm³/mol. The van der Waals surface area contributed by atoms with E-state index in [1.165, 1.54) is 37.7 Å². The van der Waals surface area contributed by atoms with Crippen molar-refractivity contribution < 1.29 is 25.2 Å². The average molecular weight is 491 g/mol. The Hall–Kier alpha value is -0.980. The second-order valence-corrected chi connectivity index (χ2v) is 12.4. The van der Waals surface area contributed by atoms with Gasteiger partial charge in [-0.2, -0.15) is 0 Å². The van der Waals surface area contributed by atoms with Crippen molar-refractivity contribution in [2.75, 3.05) is 13.2 Å². The molecule has 0 spiro atoms. The summed E-state index contributed by atoms with van der Waals surface area (Å²) in [7, 11) is 0. The maximum Gasteiger partial charge on any atom is 0.114 e. The van der Waals surface area contributed by atoms with Gasteiger partial charge in [0.1, 0.15) is 12.2 Å². The first-order valence-corrected chi connectivity index (χ1v) is 13.9. The average Bonchev–Trinajstić information content (AvgIpc) is 3.14. The standard InChI is InChI=1S/C30H50O5/c1-20(9-6-15-29(3,4)34)24-13-14-25-22(10-7-16-30(24,25)5)11-12-23-19-26(32)28(27(33)21(23)2)35-18-8-17-31/h11-12,20,24-28,31-34H,2,6-10,13-19H2,1,3-5H3/b22-11+,23-12-/t20-,24-,25+,26+,27+,28-,30-/m1/s1. The molecule has 0 radical (unpaired) electrons. The number of aliphatic hydroxyl groups is 4. The van der Waals surface area contributed by atoms with Crippen LogP contribution in [-0.2, 0) is 4.74 Å². The van der Waals surface area contributed by atoms with Gasteiger partial charge in [-0.05, 0) is 93.1 Å². The Morgan fingerprint density at radius 3 is 2.63 bits per heavy atom. The van der Waals surface area contributed by atoms with E-state index in [-0.39, 0.29) is 6.61 Å². The van der Waals surface area contributed by atoms with Crippen molar-refractivity contribution >= 4 is 0 Å². The van der Waals surface area contributed by atoms with Crippen molar-refractivity contribution in [3.05, 3.63) is 35.5 Å². The minimum absolute atomic E-state index is 0.0269. The van der Waals surface area contributed by atoms with Gasteiger partial charge in [-0.15, -0.1) is 0 Å². The molecule has 0 saturated heterocycles. The number of ether oxygens (including phenoxy) is 1. The summed E-state index contributed by atoms with van der Waals surface area (Å²) in [4.78, 5) is 0. The molecule has 0 aromatic rings. The second kappa shape index (κ2) is 12.0. The normalized spacial score (nSPS) is 37.1. The zero-order chi connectivity index (χ0) is 25.8. The minimum Gasteiger partial charge on any atom is -0.396 e. The van der Waals surface area contributed by atoms with E-state index in [9.17, 15) is 15.3 Å². The van der Waals surface area contributed by atoms with E-state index in [1.54, 1.807) is 0 Å². The van der Waals surface area contributed by atoms with Crippen molar-refractivity contribution in [1.29, 1.82) is 0 Å². The molecule has 3 saturated carbocycles. The van der Waals surface area contributed by atoms with E-state index in [4.69, 9.17) is 9.84 Å². The van der Waals surface area contributed by atoms with Gasteiger partial charge in [0.05, 0.1) is 11.7 Å². The predicted octanol–water partition coefficient (Wildman–Crippen LogP) is 5.08. The highest BCUT2D eigenvalue weighted by molar-refractivity contribution is 5.40. The fourth-order valence-electron chi connectivity index (χ4n) is 7.21. The number of allylic oxidation sites excluding steroid dienone is 3. The van der Waals surface area contributed by atoms with Crippen LogP contribution in [0.1, 0.15) is 91.9 Å². The molecule has 4 N–H and O–H groups in total. The van der Waals surface area contributed by atoms with Crippen LogP contribution in [0.3, 0.4) is 0 Å². The van der Waals surface area contributed by atoms with E-state index in [0.29, 0.717) is 42.3 Å². The molecular weight excluding hydrogens is 440 g/mol. The monoisotopic (exact) mass is 490 g/mol. The zero-order valence-electron chi connectivity index (χ0n) is 22.5. The summed E-state index contributed by atoms with van der Waals surface area (Å²) in [6.07, 6.45) is 12.1. The number of rotatable bonds is 10. The molecule has 5 heteroatoms. The first kappa shape index (κ1) is 28.6. The first-order chi connectivity index (χ1) is 16.5. The van der Waals surface area contributed by atoms with Gasteiger partial charge in [0, 0.05) is 19.6 Å². The van der Waals surface area contributed by atoms with E-state index in [2.05, 4.69) is 32.6 Å². The van der Waals surface area contributed by atoms with Crippen molar-refractivity contribution in [3.8, 4) is 0 Å². The van der Waals surface area contributed by atoms with Crippen LogP contribution in [-0.4, -0.2) is 57.6 Å². The van der Waals surface area contributed by atoms with Crippen LogP contribution in [0.25, 0.3) is 0 Å². The molecule has 0 amide bonds. The molecule has 7 atom stereocenters. The van der Waals surface area contributed by atoms with Gasteiger partial charge < -0.3 is 25.2 Å². The topological polar surface area (TPSA) is 90.2 Å². The number of hydrogen-bond donors (Lipinski definition) is 4. The molecule has 0 heterocycles. The Morgan fingerprint density at radius 1 is 1.20 bits per heavy atom. The highest BCUT2D eigenvalue weighted by Gasteiger charge is 2.50. The maximum absolute atomic E-state index is 10.7. The molecule has 3 fully saturated rings. The highest BCUT2D eigenvalue weighted by Crippen LogP contribution is 2.60. The van der Waals surface area contributed by atoms with E-state index in [0.717, 1.165) is 30.8 Å². The third kappa shape index (κ3) is 6.87. The van der Waals surface area contributed by atoms with Gasteiger partial charge in [0.25, 0.3) is 0 Å². The van der Waals surface area contributed by atoms with Gasteiger partial charge in [-0.1, -0.05) is 51.0 Å². The Kier molecular flexibility index (Phi) is 9.84. The van der Waals surface area contributed by atoms with Crippen LogP contribution < -0.4 is 0 Å². The van der Waals surface area contributed by atoms with Crippen molar-refractivity contribution in [1.82, 2.24) is 0 Å². The van der Waals surface area contributed by atoms with Gasteiger partial charge in [0.2, 0.25) is 0 Å². The molecule has 5 nitrogen and oxygen atoms in total. The van der Waals surface area contributed by atoms with Crippen LogP contribution in [0.5, 0.6) is 0 Å². The summed E-state index contributed by atoms with van der Waals surface area (Å²) < 4.78 is 5.63. The number of aliphatic hydroxyl groups excluding tert-OH is 3. The number of fused-ring (bicyclic) bond motifs is 1. The fraction of sp³-hybridized carbons (Fsp3) is 0.800. The quantitative estimate of drug-likeness (QED) is 0.321. The van der Waals surface area contributed by atoms with Crippen LogP contribution in [0.15, 0.2) is 35.5 Å². The van der Waals surface area contributed by atoms with E-state index < -0.39 is 23.9 Å². The van der Waals surface area contributed by atoms with Crippen LogP contribution >= 0.6 is 0 Å².